The summed E-state index contributed by atoms with van der Waals surface area (Å²) in [6.07, 6.45) is -4.93. The van der Waals surface area contributed by atoms with E-state index in [4.69, 9.17) is 0 Å². The fraction of sp³-hybridized carbons (Fsp3) is 0.385. The van der Waals surface area contributed by atoms with E-state index in [2.05, 4.69) is 20.9 Å². The number of benzene rings is 2. The minimum absolute atomic E-state index is 0.00131. The molecule has 0 radical (unpaired) electrons. The standard InChI is InChI=1S/C26H27F4N5O5S2/c1-35(2)25(38)33-16-5-3-14(4-6-16)17-11-20-19(12-18(17)27)34-24(41-20)22(42(39,40)10-9-26(28,29)30)23(37)31-13-21(36)32-15-7-8-15/h3-6,11-12,15,22H,7-10,13H2,1-2H3,(H,31,37)(H,32,36)(H,33,38). The number of sulfone groups is 1. The molecule has 0 aliphatic heterocycles. The van der Waals surface area contributed by atoms with Crippen molar-refractivity contribution in [2.24, 2.45) is 0 Å². The normalized spacial score (nSPS) is 14.3. The number of anilines is 1. The molecule has 1 heterocycles. The Morgan fingerprint density at radius 2 is 1.79 bits per heavy atom. The van der Waals surface area contributed by atoms with E-state index in [1.165, 1.54) is 11.0 Å². The largest absolute Gasteiger partial charge is 0.390 e. The third-order valence-electron chi connectivity index (χ3n) is 6.20. The minimum Gasteiger partial charge on any atom is -0.352 e. The second-order valence-corrected chi connectivity index (χ2v) is 13.2. The van der Waals surface area contributed by atoms with E-state index < -0.39 is 57.6 Å². The van der Waals surface area contributed by atoms with Gasteiger partial charge >= 0.3 is 12.2 Å². The van der Waals surface area contributed by atoms with Gasteiger partial charge in [0.2, 0.25) is 11.8 Å². The van der Waals surface area contributed by atoms with E-state index in [9.17, 15) is 36.0 Å². The average Bonchev–Trinajstić information content (AvgIpc) is 3.63. The van der Waals surface area contributed by atoms with Crippen LogP contribution in [0.25, 0.3) is 21.3 Å². The number of carbonyl (C=O) groups excluding carboxylic acids is 3. The van der Waals surface area contributed by atoms with Crippen molar-refractivity contribution < 1.29 is 40.4 Å². The highest BCUT2D eigenvalue weighted by atomic mass is 32.2. The number of hydrogen-bond acceptors (Lipinski definition) is 7. The second-order valence-electron chi connectivity index (χ2n) is 9.93. The Bertz CT molecular complexity index is 1600. The predicted octanol–water partition coefficient (Wildman–Crippen LogP) is 4.00. The zero-order valence-electron chi connectivity index (χ0n) is 22.4. The van der Waals surface area contributed by atoms with Crippen LogP contribution in [0.3, 0.4) is 0 Å². The molecule has 42 heavy (non-hydrogen) atoms. The van der Waals surface area contributed by atoms with Crippen LogP contribution in [-0.4, -0.2) is 74.8 Å². The van der Waals surface area contributed by atoms with Crippen molar-refractivity contribution >= 4 is 54.9 Å². The fourth-order valence-electron chi connectivity index (χ4n) is 3.84. The van der Waals surface area contributed by atoms with E-state index in [1.807, 2.05) is 0 Å². The molecule has 0 bridgehead atoms. The van der Waals surface area contributed by atoms with Gasteiger partial charge in [0, 0.05) is 37.5 Å². The molecule has 0 saturated heterocycles. The quantitative estimate of drug-likeness (QED) is 0.290. The van der Waals surface area contributed by atoms with E-state index in [0.717, 1.165) is 30.2 Å². The van der Waals surface area contributed by atoms with Crippen LogP contribution in [0, 0.1) is 5.82 Å². The first-order chi connectivity index (χ1) is 19.6. The monoisotopic (exact) mass is 629 g/mol. The maximum absolute atomic E-state index is 15.1. The van der Waals surface area contributed by atoms with Crippen molar-refractivity contribution in [1.29, 1.82) is 0 Å². The van der Waals surface area contributed by atoms with Gasteiger partial charge in [-0.05, 0) is 36.6 Å². The molecule has 4 amide bonds. The number of thiazole rings is 1. The Hall–Kier alpha value is -3.79. The number of urea groups is 1. The zero-order chi connectivity index (χ0) is 30.8. The van der Waals surface area contributed by atoms with Gasteiger partial charge in [0.1, 0.15) is 10.8 Å². The summed E-state index contributed by atoms with van der Waals surface area (Å²) in [6.45, 7) is -0.574. The highest BCUT2D eigenvalue weighted by Gasteiger charge is 2.40. The second kappa shape index (κ2) is 12.2. The van der Waals surface area contributed by atoms with Gasteiger partial charge in [-0.1, -0.05) is 12.1 Å². The van der Waals surface area contributed by atoms with Gasteiger partial charge in [-0.25, -0.2) is 22.6 Å². The molecule has 0 spiro atoms. The Labute approximate surface area is 242 Å². The molecule has 4 rings (SSSR count). The molecule has 16 heteroatoms. The van der Waals surface area contributed by atoms with E-state index in [-0.39, 0.29) is 32.9 Å². The van der Waals surface area contributed by atoms with Crippen LogP contribution in [0.4, 0.5) is 28.0 Å². The smallest absolute Gasteiger partial charge is 0.352 e. The molecule has 1 aliphatic carbocycles. The summed E-state index contributed by atoms with van der Waals surface area (Å²) in [5.41, 5.74) is 0.992. The molecule has 3 aromatic rings. The van der Waals surface area contributed by atoms with Gasteiger partial charge in [0.25, 0.3) is 0 Å². The van der Waals surface area contributed by atoms with Crippen LogP contribution < -0.4 is 16.0 Å². The van der Waals surface area contributed by atoms with Crippen LogP contribution in [0.5, 0.6) is 0 Å². The molecule has 3 N–H and O–H groups in total. The van der Waals surface area contributed by atoms with Crippen molar-refractivity contribution in [2.45, 2.75) is 36.7 Å². The topological polar surface area (TPSA) is 138 Å². The lowest BCUT2D eigenvalue weighted by Gasteiger charge is -2.16. The molecule has 1 fully saturated rings. The van der Waals surface area contributed by atoms with Crippen molar-refractivity contribution in [3.8, 4) is 11.1 Å². The van der Waals surface area contributed by atoms with Gasteiger partial charge in [-0.2, -0.15) is 13.2 Å². The lowest BCUT2D eigenvalue weighted by molar-refractivity contribution is -0.130. The number of nitrogens with one attached hydrogen (secondary N) is 3. The molecule has 226 valence electrons. The summed E-state index contributed by atoms with van der Waals surface area (Å²) < 4.78 is 80.1. The molecular weight excluding hydrogens is 602 g/mol. The summed E-state index contributed by atoms with van der Waals surface area (Å²) in [5, 5.41) is 4.95. The molecular formula is C26H27F4N5O5S2. The van der Waals surface area contributed by atoms with Crippen LogP contribution in [0.15, 0.2) is 36.4 Å². The summed E-state index contributed by atoms with van der Waals surface area (Å²) >= 11 is 0.719. The van der Waals surface area contributed by atoms with Crippen molar-refractivity contribution in [2.75, 3.05) is 31.7 Å². The van der Waals surface area contributed by atoms with E-state index >= 15 is 4.39 Å². The van der Waals surface area contributed by atoms with Gasteiger partial charge in [0.05, 0.1) is 28.9 Å². The number of aromatic nitrogens is 1. The van der Waals surface area contributed by atoms with Gasteiger partial charge in [-0.15, -0.1) is 11.3 Å². The molecule has 1 aromatic heterocycles. The SMILES string of the molecule is CN(C)C(=O)Nc1ccc(-c2cc3sc(C(C(=O)NCC(=O)NC4CC4)S(=O)(=O)CCC(F)(F)F)nc3cc2F)cc1. The van der Waals surface area contributed by atoms with Crippen LogP contribution in [0.2, 0.25) is 0 Å². The number of fused-ring (bicyclic) bond motifs is 1. The Morgan fingerprint density at radius 1 is 1.12 bits per heavy atom. The van der Waals surface area contributed by atoms with Crippen LogP contribution in [-0.2, 0) is 19.4 Å². The number of rotatable bonds is 10. The molecule has 10 nitrogen and oxygen atoms in total. The van der Waals surface area contributed by atoms with Crippen molar-refractivity contribution in [1.82, 2.24) is 20.5 Å². The van der Waals surface area contributed by atoms with Gasteiger partial charge in [0.15, 0.2) is 15.1 Å². The predicted molar refractivity (Wildman–Crippen MR) is 149 cm³/mol. The van der Waals surface area contributed by atoms with Gasteiger partial charge < -0.3 is 20.9 Å². The lowest BCUT2D eigenvalue weighted by atomic mass is 10.0. The van der Waals surface area contributed by atoms with Gasteiger partial charge in [-0.3, -0.25) is 9.59 Å². The molecule has 1 saturated carbocycles. The van der Waals surface area contributed by atoms with Crippen molar-refractivity contribution in [3.63, 3.8) is 0 Å². The number of amides is 4. The molecule has 1 aliphatic rings. The number of carbonyl (C=O) groups is 3. The zero-order valence-corrected chi connectivity index (χ0v) is 24.1. The summed E-state index contributed by atoms with van der Waals surface area (Å²) in [4.78, 5) is 42.3. The maximum atomic E-state index is 15.1. The minimum atomic E-state index is -4.80. The highest BCUT2D eigenvalue weighted by Crippen LogP contribution is 2.36. The van der Waals surface area contributed by atoms with E-state index in [1.54, 1.807) is 38.4 Å². The molecule has 1 unspecified atom stereocenters. The summed E-state index contributed by atoms with van der Waals surface area (Å²) in [5.74, 6) is -3.88. The Kier molecular flexibility index (Phi) is 9.06. The van der Waals surface area contributed by atoms with E-state index in [0.29, 0.717) is 11.3 Å². The van der Waals surface area contributed by atoms with Crippen LogP contribution >= 0.6 is 11.3 Å². The molecule has 2 aromatic carbocycles. The average molecular weight is 630 g/mol. The maximum Gasteiger partial charge on any atom is 0.390 e. The first kappa shape index (κ1) is 31.2. The summed E-state index contributed by atoms with van der Waals surface area (Å²) in [6, 6.07) is 8.27. The number of hydrogen-bond donors (Lipinski definition) is 3. The number of halogens is 4. The third-order valence-corrected chi connectivity index (χ3v) is 9.37. The lowest BCUT2D eigenvalue weighted by Crippen LogP contribution is -2.41. The number of alkyl halides is 3. The Morgan fingerprint density at radius 3 is 2.38 bits per heavy atom. The number of nitrogens with zero attached hydrogens (tertiary/aromatic N) is 2. The third kappa shape index (κ3) is 7.94. The molecule has 1 atom stereocenters. The Balaban J connectivity index is 1.63. The summed E-state index contributed by atoms with van der Waals surface area (Å²) in [7, 11) is -1.62. The first-order valence-electron chi connectivity index (χ1n) is 12.7. The van der Waals surface area contributed by atoms with Crippen molar-refractivity contribution in [3.05, 3.63) is 47.2 Å². The first-order valence-corrected chi connectivity index (χ1v) is 15.2. The highest BCUT2D eigenvalue weighted by molar-refractivity contribution is 7.92. The fourth-order valence-corrected chi connectivity index (χ4v) is 6.91. The van der Waals surface area contributed by atoms with Crippen LogP contribution in [0.1, 0.15) is 29.5 Å².